The summed E-state index contributed by atoms with van der Waals surface area (Å²) in [6, 6.07) is 54.6. The predicted octanol–water partition coefficient (Wildman–Crippen LogP) is 10.4. The van der Waals surface area contributed by atoms with Gasteiger partial charge in [0.2, 0.25) is 0 Å². The fraction of sp³-hybridized carbons (Fsp3) is 0. The number of nitrogens with zero attached hydrogens (tertiary/aromatic N) is 4. The van der Waals surface area contributed by atoms with Crippen LogP contribution in [0.3, 0.4) is 0 Å². The molecule has 2 heterocycles. The Morgan fingerprint density at radius 2 is 0.761 bits per heavy atom. The Morgan fingerprint density at radius 3 is 1.35 bits per heavy atom. The minimum Gasteiger partial charge on any atom is -0.265 e. The van der Waals surface area contributed by atoms with E-state index < -0.39 is 0 Å². The molecule has 6 aromatic carbocycles. The van der Waals surface area contributed by atoms with E-state index in [1.165, 1.54) is 27.5 Å². The first-order valence-corrected chi connectivity index (χ1v) is 15.3. The average molecular weight is 589 g/mol. The highest BCUT2D eigenvalue weighted by Gasteiger charge is 2.13. The van der Waals surface area contributed by atoms with Crippen molar-refractivity contribution in [3.8, 4) is 67.5 Å². The fourth-order valence-electron chi connectivity index (χ4n) is 5.84. The van der Waals surface area contributed by atoms with Crippen LogP contribution in [-0.4, -0.2) is 19.9 Å². The van der Waals surface area contributed by atoms with Gasteiger partial charge in [-0.05, 0) is 62.4 Å². The SMILES string of the molecule is c1ccc(-c2nc(-c3ccccc3)nc(-c3ccc(-c4ccc5cccc(-c6ccc(-c7ccncc7)cc6)c5c4)cc3)n2)cc1. The largest absolute Gasteiger partial charge is 0.265 e. The second-order valence-electron chi connectivity index (χ2n) is 11.2. The summed E-state index contributed by atoms with van der Waals surface area (Å²) in [6.45, 7) is 0. The lowest BCUT2D eigenvalue weighted by atomic mass is 9.93. The van der Waals surface area contributed by atoms with Gasteiger partial charge in [0.15, 0.2) is 17.5 Å². The zero-order valence-electron chi connectivity index (χ0n) is 25.0. The number of hydrogen-bond donors (Lipinski definition) is 0. The first-order chi connectivity index (χ1) is 22.8. The van der Waals surface area contributed by atoms with Crippen LogP contribution in [0.5, 0.6) is 0 Å². The van der Waals surface area contributed by atoms with Crippen LogP contribution in [0.25, 0.3) is 78.3 Å². The summed E-state index contributed by atoms with van der Waals surface area (Å²) < 4.78 is 0. The molecule has 8 aromatic rings. The molecule has 0 fully saturated rings. The third-order valence-corrected chi connectivity index (χ3v) is 8.27. The second kappa shape index (κ2) is 12.0. The van der Waals surface area contributed by atoms with Gasteiger partial charge in [-0.15, -0.1) is 0 Å². The summed E-state index contributed by atoms with van der Waals surface area (Å²) in [5, 5.41) is 2.43. The monoisotopic (exact) mass is 588 g/mol. The molecule has 4 heteroatoms. The maximum absolute atomic E-state index is 4.89. The van der Waals surface area contributed by atoms with Gasteiger partial charge in [0.05, 0.1) is 0 Å². The molecule has 0 saturated heterocycles. The molecular formula is C42H28N4. The highest BCUT2D eigenvalue weighted by molar-refractivity contribution is 5.99. The minimum atomic E-state index is 0.648. The molecule has 2 aromatic heterocycles. The highest BCUT2D eigenvalue weighted by Crippen LogP contribution is 2.34. The van der Waals surface area contributed by atoms with Crippen molar-refractivity contribution in [1.82, 2.24) is 19.9 Å². The van der Waals surface area contributed by atoms with Gasteiger partial charge in [0, 0.05) is 29.1 Å². The van der Waals surface area contributed by atoms with Crippen molar-refractivity contribution in [2.45, 2.75) is 0 Å². The van der Waals surface area contributed by atoms with Gasteiger partial charge in [-0.25, -0.2) is 15.0 Å². The Bertz CT molecular complexity index is 2210. The van der Waals surface area contributed by atoms with E-state index in [9.17, 15) is 0 Å². The van der Waals surface area contributed by atoms with Crippen LogP contribution < -0.4 is 0 Å². The van der Waals surface area contributed by atoms with Crippen molar-refractivity contribution >= 4 is 10.8 Å². The molecule has 0 radical (unpaired) electrons. The van der Waals surface area contributed by atoms with Crippen molar-refractivity contribution in [1.29, 1.82) is 0 Å². The van der Waals surface area contributed by atoms with Crippen molar-refractivity contribution < 1.29 is 0 Å². The average Bonchev–Trinajstić information content (AvgIpc) is 3.15. The number of rotatable bonds is 6. The van der Waals surface area contributed by atoms with E-state index in [1.807, 2.05) is 85.2 Å². The Hall–Kier alpha value is -6.26. The number of aromatic nitrogens is 4. The molecule has 216 valence electrons. The maximum atomic E-state index is 4.89. The molecule has 4 nitrogen and oxygen atoms in total. The smallest absolute Gasteiger partial charge is 0.164 e. The van der Waals surface area contributed by atoms with E-state index in [-0.39, 0.29) is 0 Å². The third-order valence-electron chi connectivity index (χ3n) is 8.27. The van der Waals surface area contributed by atoms with E-state index in [0.29, 0.717) is 17.5 Å². The van der Waals surface area contributed by atoms with Crippen LogP contribution in [-0.2, 0) is 0 Å². The van der Waals surface area contributed by atoms with Gasteiger partial charge in [0.25, 0.3) is 0 Å². The summed E-state index contributed by atoms with van der Waals surface area (Å²) in [4.78, 5) is 18.7. The van der Waals surface area contributed by atoms with Gasteiger partial charge in [-0.1, -0.05) is 140 Å². The first kappa shape index (κ1) is 27.3. The first-order valence-electron chi connectivity index (χ1n) is 15.3. The van der Waals surface area contributed by atoms with Crippen LogP contribution in [0, 0.1) is 0 Å². The number of benzene rings is 6. The van der Waals surface area contributed by atoms with Crippen LogP contribution in [0.1, 0.15) is 0 Å². The van der Waals surface area contributed by atoms with Crippen LogP contribution in [0.2, 0.25) is 0 Å². The topological polar surface area (TPSA) is 51.6 Å². The maximum Gasteiger partial charge on any atom is 0.164 e. The molecule has 0 aliphatic rings. The molecule has 0 bridgehead atoms. The van der Waals surface area contributed by atoms with Gasteiger partial charge in [-0.3, -0.25) is 4.98 Å². The van der Waals surface area contributed by atoms with Crippen molar-refractivity contribution in [3.63, 3.8) is 0 Å². The summed E-state index contributed by atoms with van der Waals surface area (Å²) >= 11 is 0. The highest BCUT2D eigenvalue weighted by atomic mass is 15.0. The van der Waals surface area contributed by atoms with E-state index in [0.717, 1.165) is 33.4 Å². The second-order valence-corrected chi connectivity index (χ2v) is 11.2. The summed E-state index contributed by atoms with van der Waals surface area (Å²) in [5.41, 5.74) is 9.89. The van der Waals surface area contributed by atoms with Crippen LogP contribution in [0.15, 0.2) is 170 Å². The van der Waals surface area contributed by atoms with Gasteiger partial charge in [-0.2, -0.15) is 0 Å². The lowest BCUT2D eigenvalue weighted by Crippen LogP contribution is -2.00. The van der Waals surface area contributed by atoms with Gasteiger partial charge < -0.3 is 0 Å². The zero-order chi connectivity index (χ0) is 30.7. The quantitative estimate of drug-likeness (QED) is 0.194. The van der Waals surface area contributed by atoms with E-state index in [2.05, 4.69) is 89.9 Å². The molecule has 0 spiro atoms. The summed E-state index contributed by atoms with van der Waals surface area (Å²) in [5.74, 6) is 1.96. The Labute approximate surface area is 267 Å². The van der Waals surface area contributed by atoms with Gasteiger partial charge in [0.1, 0.15) is 0 Å². The predicted molar refractivity (Wildman–Crippen MR) is 188 cm³/mol. The van der Waals surface area contributed by atoms with Crippen molar-refractivity contribution in [2.75, 3.05) is 0 Å². The number of pyridine rings is 1. The van der Waals surface area contributed by atoms with E-state index in [1.54, 1.807) is 0 Å². The minimum absolute atomic E-state index is 0.648. The summed E-state index contributed by atoms with van der Waals surface area (Å²) in [6.07, 6.45) is 3.66. The normalized spacial score (nSPS) is 11.0. The molecule has 0 aliphatic heterocycles. The van der Waals surface area contributed by atoms with Gasteiger partial charge >= 0.3 is 0 Å². The van der Waals surface area contributed by atoms with E-state index in [4.69, 9.17) is 15.0 Å². The molecule has 8 rings (SSSR count). The molecule has 0 saturated carbocycles. The zero-order valence-corrected chi connectivity index (χ0v) is 25.0. The Balaban J connectivity index is 1.14. The molecule has 0 atom stereocenters. The third kappa shape index (κ3) is 5.44. The molecular weight excluding hydrogens is 560 g/mol. The molecule has 0 aliphatic carbocycles. The van der Waals surface area contributed by atoms with Crippen LogP contribution in [0.4, 0.5) is 0 Å². The van der Waals surface area contributed by atoms with E-state index >= 15 is 0 Å². The van der Waals surface area contributed by atoms with Crippen LogP contribution >= 0.6 is 0 Å². The number of fused-ring (bicyclic) bond motifs is 1. The molecule has 0 unspecified atom stereocenters. The Kier molecular flexibility index (Phi) is 7.14. The molecule has 0 amide bonds. The standard InChI is InChI=1S/C42H28N4/c1-3-8-34(9-4-1)40-44-41(35-10-5-2-6-11-35)46-42(45-40)36-21-16-30(17-22-36)37-23-20-32-12-7-13-38(39(32)28-37)33-18-14-29(15-19-33)31-24-26-43-27-25-31/h1-28H. The lowest BCUT2D eigenvalue weighted by molar-refractivity contribution is 1.07. The summed E-state index contributed by atoms with van der Waals surface area (Å²) in [7, 11) is 0. The van der Waals surface area contributed by atoms with Crippen molar-refractivity contribution in [3.05, 3.63) is 170 Å². The lowest BCUT2D eigenvalue weighted by Gasteiger charge is -2.11. The Morgan fingerprint density at radius 1 is 0.304 bits per heavy atom. The fourth-order valence-corrected chi connectivity index (χ4v) is 5.84. The number of hydrogen-bond acceptors (Lipinski definition) is 4. The molecule has 0 N–H and O–H groups in total. The van der Waals surface area contributed by atoms with Crippen molar-refractivity contribution in [2.24, 2.45) is 0 Å². The molecule has 46 heavy (non-hydrogen) atoms.